The summed E-state index contributed by atoms with van der Waals surface area (Å²) in [5.74, 6) is 0. The van der Waals surface area contributed by atoms with E-state index in [0.717, 1.165) is 6.54 Å². The molecule has 2 nitrogen and oxygen atoms in total. The van der Waals surface area contributed by atoms with Gasteiger partial charge in [0.15, 0.2) is 0 Å². The summed E-state index contributed by atoms with van der Waals surface area (Å²) in [5, 5.41) is 3.43. The third-order valence-electron chi connectivity index (χ3n) is 3.10. The van der Waals surface area contributed by atoms with Gasteiger partial charge in [-0.1, -0.05) is 66.7 Å². The molecule has 1 atom stereocenters. The van der Waals surface area contributed by atoms with E-state index >= 15 is 0 Å². The van der Waals surface area contributed by atoms with Gasteiger partial charge >= 0.3 is 0 Å². The summed E-state index contributed by atoms with van der Waals surface area (Å²) in [6.45, 7) is 5.95. The van der Waals surface area contributed by atoms with Crippen LogP contribution in [0.5, 0.6) is 0 Å². The topological polar surface area (TPSA) is 21.3 Å². The Bertz CT molecular complexity index is 495. The van der Waals surface area contributed by atoms with Crippen molar-refractivity contribution in [3.63, 3.8) is 0 Å². The fourth-order valence-corrected chi connectivity index (χ4v) is 1.93. The number of ether oxygens (including phenoxy) is 1. The third-order valence-corrected chi connectivity index (χ3v) is 3.10. The number of benzene rings is 2. The number of nitrogens with one attached hydrogen (secondary N) is 1. The van der Waals surface area contributed by atoms with E-state index in [4.69, 9.17) is 4.74 Å². The highest BCUT2D eigenvalue weighted by Crippen LogP contribution is 2.02. The first kappa shape index (κ1) is 14.5. The molecule has 0 aromatic heterocycles. The zero-order valence-corrected chi connectivity index (χ0v) is 11.7. The van der Waals surface area contributed by atoms with Crippen molar-refractivity contribution in [2.45, 2.75) is 19.2 Å². The Kier molecular flexibility index (Phi) is 6.03. The summed E-state index contributed by atoms with van der Waals surface area (Å²) in [7, 11) is 0. The van der Waals surface area contributed by atoms with Gasteiger partial charge in [-0.3, -0.25) is 0 Å². The second kappa shape index (κ2) is 8.31. The largest absolute Gasteiger partial charge is 0.375 e. The molecule has 0 bridgehead atoms. The first-order chi connectivity index (χ1) is 9.88. The lowest BCUT2D eigenvalue weighted by Crippen LogP contribution is -2.31. The van der Waals surface area contributed by atoms with Gasteiger partial charge in [0.25, 0.3) is 0 Å². The van der Waals surface area contributed by atoms with E-state index in [2.05, 4.69) is 36.2 Å². The fourth-order valence-electron chi connectivity index (χ4n) is 1.93. The highest BCUT2D eigenvalue weighted by molar-refractivity contribution is 5.15. The fraction of sp³-hybridized carbons (Fsp3) is 0.222. The Hall–Kier alpha value is -1.90. The average molecular weight is 267 g/mol. The molecule has 104 valence electrons. The summed E-state index contributed by atoms with van der Waals surface area (Å²) in [5.41, 5.74) is 2.46. The van der Waals surface area contributed by atoms with Crippen molar-refractivity contribution >= 4 is 0 Å². The van der Waals surface area contributed by atoms with E-state index in [0.29, 0.717) is 13.2 Å². The summed E-state index contributed by atoms with van der Waals surface area (Å²) in [6.07, 6.45) is 1.90. The SMILES string of the molecule is C=C[C@@H](COCc1ccccc1)NCc1ccccc1. The first-order valence-electron chi connectivity index (χ1n) is 6.90. The van der Waals surface area contributed by atoms with Crippen LogP contribution in [-0.2, 0) is 17.9 Å². The highest BCUT2D eigenvalue weighted by Gasteiger charge is 2.03. The molecule has 0 spiro atoms. The standard InChI is InChI=1S/C18H21NO/c1-2-18(19-13-16-9-5-3-6-10-16)15-20-14-17-11-7-4-8-12-17/h2-12,18-19H,1,13-15H2/t18-/m0/s1. The molecule has 2 aromatic carbocycles. The lowest BCUT2D eigenvalue weighted by atomic mass is 10.2. The molecule has 0 heterocycles. The minimum Gasteiger partial charge on any atom is -0.375 e. The molecule has 2 heteroatoms. The van der Waals surface area contributed by atoms with Crippen LogP contribution < -0.4 is 5.32 Å². The summed E-state index contributed by atoms with van der Waals surface area (Å²) >= 11 is 0. The molecule has 0 fully saturated rings. The van der Waals surface area contributed by atoms with Crippen LogP contribution in [0.4, 0.5) is 0 Å². The van der Waals surface area contributed by atoms with Crippen molar-refractivity contribution in [2.75, 3.05) is 6.61 Å². The molecular formula is C18H21NO. The van der Waals surface area contributed by atoms with E-state index in [-0.39, 0.29) is 6.04 Å². The van der Waals surface area contributed by atoms with Gasteiger partial charge in [0.2, 0.25) is 0 Å². The Balaban J connectivity index is 1.71. The molecule has 0 unspecified atom stereocenters. The predicted molar refractivity (Wildman–Crippen MR) is 83.4 cm³/mol. The summed E-state index contributed by atoms with van der Waals surface area (Å²) < 4.78 is 5.73. The van der Waals surface area contributed by atoms with E-state index < -0.39 is 0 Å². The second-order valence-corrected chi connectivity index (χ2v) is 4.71. The third kappa shape index (κ3) is 5.00. The Labute approximate surface area is 121 Å². The Morgan fingerprint density at radius 2 is 1.55 bits per heavy atom. The molecule has 20 heavy (non-hydrogen) atoms. The first-order valence-corrected chi connectivity index (χ1v) is 6.90. The van der Waals surface area contributed by atoms with Crippen molar-refractivity contribution in [3.05, 3.63) is 84.4 Å². The van der Waals surface area contributed by atoms with Gasteiger partial charge in [0.1, 0.15) is 0 Å². The smallest absolute Gasteiger partial charge is 0.0717 e. The molecule has 0 saturated carbocycles. The highest BCUT2D eigenvalue weighted by atomic mass is 16.5. The maximum absolute atomic E-state index is 5.73. The van der Waals surface area contributed by atoms with Gasteiger partial charge in [-0.25, -0.2) is 0 Å². The van der Waals surface area contributed by atoms with Gasteiger partial charge in [0, 0.05) is 12.6 Å². The van der Waals surface area contributed by atoms with Crippen LogP contribution in [0.25, 0.3) is 0 Å². The molecule has 1 N–H and O–H groups in total. The molecule has 0 radical (unpaired) electrons. The molecule has 0 aliphatic heterocycles. The molecule has 2 rings (SSSR count). The number of hydrogen-bond donors (Lipinski definition) is 1. The summed E-state index contributed by atoms with van der Waals surface area (Å²) in [6, 6.07) is 20.7. The van der Waals surface area contributed by atoms with Crippen molar-refractivity contribution < 1.29 is 4.74 Å². The molecular weight excluding hydrogens is 246 g/mol. The maximum Gasteiger partial charge on any atom is 0.0717 e. The van der Waals surface area contributed by atoms with Crippen molar-refractivity contribution in [2.24, 2.45) is 0 Å². The average Bonchev–Trinajstić information content (AvgIpc) is 2.52. The maximum atomic E-state index is 5.73. The van der Waals surface area contributed by atoms with E-state index in [1.54, 1.807) is 0 Å². The normalized spacial score (nSPS) is 12.0. The lowest BCUT2D eigenvalue weighted by Gasteiger charge is -2.15. The van der Waals surface area contributed by atoms with Crippen molar-refractivity contribution in [1.29, 1.82) is 0 Å². The zero-order chi connectivity index (χ0) is 14.0. The van der Waals surface area contributed by atoms with Gasteiger partial charge in [0.05, 0.1) is 13.2 Å². The number of hydrogen-bond acceptors (Lipinski definition) is 2. The van der Waals surface area contributed by atoms with Crippen LogP contribution in [0.3, 0.4) is 0 Å². The molecule has 0 amide bonds. The van der Waals surface area contributed by atoms with Crippen LogP contribution in [-0.4, -0.2) is 12.6 Å². The lowest BCUT2D eigenvalue weighted by molar-refractivity contribution is 0.108. The van der Waals surface area contributed by atoms with E-state index in [1.807, 2.05) is 42.5 Å². The molecule has 0 saturated heterocycles. The minimum absolute atomic E-state index is 0.166. The Morgan fingerprint density at radius 1 is 0.950 bits per heavy atom. The van der Waals surface area contributed by atoms with Crippen LogP contribution in [0.1, 0.15) is 11.1 Å². The quantitative estimate of drug-likeness (QED) is 0.739. The molecule has 2 aromatic rings. The van der Waals surface area contributed by atoms with Gasteiger partial charge in [-0.2, -0.15) is 0 Å². The summed E-state index contributed by atoms with van der Waals surface area (Å²) in [4.78, 5) is 0. The van der Waals surface area contributed by atoms with Crippen molar-refractivity contribution in [3.8, 4) is 0 Å². The molecule has 0 aliphatic rings. The minimum atomic E-state index is 0.166. The van der Waals surface area contributed by atoms with E-state index in [1.165, 1.54) is 11.1 Å². The van der Waals surface area contributed by atoms with E-state index in [9.17, 15) is 0 Å². The van der Waals surface area contributed by atoms with Crippen LogP contribution in [0.2, 0.25) is 0 Å². The number of rotatable bonds is 8. The van der Waals surface area contributed by atoms with Crippen LogP contribution in [0.15, 0.2) is 73.3 Å². The van der Waals surface area contributed by atoms with Crippen molar-refractivity contribution in [1.82, 2.24) is 5.32 Å². The zero-order valence-electron chi connectivity index (χ0n) is 11.7. The molecule has 0 aliphatic carbocycles. The van der Waals surface area contributed by atoms with Gasteiger partial charge in [-0.05, 0) is 11.1 Å². The van der Waals surface area contributed by atoms with Gasteiger partial charge in [-0.15, -0.1) is 6.58 Å². The van der Waals surface area contributed by atoms with Gasteiger partial charge < -0.3 is 10.1 Å². The monoisotopic (exact) mass is 267 g/mol. The van der Waals surface area contributed by atoms with Crippen LogP contribution >= 0.6 is 0 Å². The second-order valence-electron chi connectivity index (χ2n) is 4.71. The van der Waals surface area contributed by atoms with Crippen LogP contribution in [0, 0.1) is 0 Å². The Morgan fingerprint density at radius 3 is 2.15 bits per heavy atom. The predicted octanol–water partition coefficient (Wildman–Crippen LogP) is 3.55.